The molecule has 2 N–H and O–H groups in total. The Labute approximate surface area is 193 Å². The molecule has 3 aromatic carbocycles. The Balaban J connectivity index is 1.66. The highest BCUT2D eigenvalue weighted by Crippen LogP contribution is 2.43. The molecule has 1 atom stereocenters. The quantitative estimate of drug-likeness (QED) is 0.632. The number of ether oxygens (including phenoxy) is 3. The van der Waals surface area contributed by atoms with Gasteiger partial charge in [-0.1, -0.05) is 24.3 Å². The summed E-state index contributed by atoms with van der Waals surface area (Å²) in [5.74, 6) is 2.85. The van der Waals surface area contributed by atoms with E-state index >= 15 is 0 Å². The Kier molecular flexibility index (Phi) is 5.08. The summed E-state index contributed by atoms with van der Waals surface area (Å²) in [5, 5.41) is 0. The summed E-state index contributed by atoms with van der Waals surface area (Å²) in [7, 11) is 1.69. The smallest absolute Gasteiger partial charge is 0.204 e. The first kappa shape index (κ1) is 21.1. The third-order valence-electron chi connectivity index (χ3n) is 6.19. The maximum atomic E-state index is 6.25. The molecule has 2 aliphatic rings. The van der Waals surface area contributed by atoms with Gasteiger partial charge in [0.05, 0.1) is 12.8 Å². The number of hydrogen-bond acceptors (Lipinski definition) is 6. The molecule has 0 bridgehead atoms. The molecule has 2 heterocycles. The molecule has 0 aromatic heterocycles. The van der Waals surface area contributed by atoms with Gasteiger partial charge in [-0.15, -0.1) is 0 Å². The molecule has 0 fully saturated rings. The number of amidine groups is 1. The van der Waals surface area contributed by atoms with Crippen molar-refractivity contribution in [2.75, 3.05) is 20.3 Å². The number of aryl methyl sites for hydroxylation is 2. The van der Waals surface area contributed by atoms with Crippen LogP contribution in [0.1, 0.15) is 29.2 Å². The molecular weight excluding hydrogens is 414 g/mol. The normalized spacial score (nSPS) is 19.2. The van der Waals surface area contributed by atoms with E-state index in [-0.39, 0.29) is 0 Å². The van der Waals surface area contributed by atoms with Crippen LogP contribution in [0.15, 0.2) is 64.6 Å². The highest BCUT2D eigenvalue weighted by Gasteiger charge is 2.39. The van der Waals surface area contributed by atoms with Crippen LogP contribution in [0.2, 0.25) is 0 Å². The van der Waals surface area contributed by atoms with Gasteiger partial charge in [-0.2, -0.15) is 0 Å². The Morgan fingerprint density at radius 3 is 2.18 bits per heavy atom. The average Bonchev–Trinajstić information content (AvgIpc) is 3.14. The van der Waals surface area contributed by atoms with E-state index in [1.807, 2.05) is 45.0 Å². The second-order valence-electron chi connectivity index (χ2n) is 8.45. The summed E-state index contributed by atoms with van der Waals surface area (Å²) >= 11 is 0. The summed E-state index contributed by atoms with van der Waals surface area (Å²) in [6.45, 7) is 7.09. The van der Waals surface area contributed by atoms with E-state index in [0.717, 1.165) is 56.3 Å². The standard InChI is InChI=1S/C27H27N3O3/c1-16-12-22(13-17(2)25(16)31-4)27(29-18(3)26(28)30-27)21-7-5-6-19(14-21)20-8-9-23-24(15-20)33-11-10-32-23/h5-9,12-15H,10-11H2,1-4H3,(H2,28,30). The van der Waals surface area contributed by atoms with Gasteiger partial charge >= 0.3 is 0 Å². The molecule has 5 rings (SSSR count). The van der Waals surface area contributed by atoms with E-state index in [9.17, 15) is 0 Å². The van der Waals surface area contributed by atoms with E-state index in [2.05, 4.69) is 30.3 Å². The van der Waals surface area contributed by atoms with Crippen LogP contribution in [-0.4, -0.2) is 31.9 Å². The summed E-state index contributed by atoms with van der Waals surface area (Å²) in [5.41, 5.74) is 12.1. The molecule has 3 aromatic rings. The van der Waals surface area contributed by atoms with Crippen molar-refractivity contribution in [3.63, 3.8) is 0 Å². The van der Waals surface area contributed by atoms with E-state index in [1.54, 1.807) is 7.11 Å². The lowest BCUT2D eigenvalue weighted by Gasteiger charge is -2.26. The van der Waals surface area contributed by atoms with Crippen molar-refractivity contribution in [2.24, 2.45) is 15.7 Å². The molecule has 0 radical (unpaired) electrons. The first-order valence-electron chi connectivity index (χ1n) is 11.0. The summed E-state index contributed by atoms with van der Waals surface area (Å²) in [6, 6.07) is 18.5. The number of nitrogens with two attached hydrogens (primary N) is 1. The number of rotatable bonds is 4. The molecule has 0 saturated heterocycles. The van der Waals surface area contributed by atoms with Crippen LogP contribution in [-0.2, 0) is 5.66 Å². The van der Waals surface area contributed by atoms with Crippen molar-refractivity contribution >= 4 is 11.5 Å². The fraction of sp³-hybridized carbons (Fsp3) is 0.259. The second-order valence-corrected chi connectivity index (χ2v) is 8.45. The maximum Gasteiger partial charge on any atom is 0.204 e. The minimum absolute atomic E-state index is 0.450. The van der Waals surface area contributed by atoms with Gasteiger partial charge in [-0.3, -0.25) is 0 Å². The highest BCUT2D eigenvalue weighted by molar-refractivity contribution is 6.41. The third-order valence-corrected chi connectivity index (χ3v) is 6.19. The predicted molar refractivity (Wildman–Crippen MR) is 131 cm³/mol. The van der Waals surface area contributed by atoms with Crippen molar-refractivity contribution in [3.8, 4) is 28.4 Å². The predicted octanol–water partition coefficient (Wildman–Crippen LogP) is 4.78. The number of fused-ring (bicyclic) bond motifs is 1. The topological polar surface area (TPSA) is 78.4 Å². The van der Waals surface area contributed by atoms with E-state index in [0.29, 0.717) is 19.0 Å². The van der Waals surface area contributed by atoms with Crippen molar-refractivity contribution in [1.29, 1.82) is 0 Å². The molecule has 0 spiro atoms. The number of benzene rings is 3. The summed E-state index contributed by atoms with van der Waals surface area (Å²) in [4.78, 5) is 9.88. The molecule has 6 heteroatoms. The largest absolute Gasteiger partial charge is 0.496 e. The van der Waals surface area contributed by atoms with E-state index in [1.165, 1.54) is 0 Å². The monoisotopic (exact) mass is 441 g/mol. The lowest BCUT2D eigenvalue weighted by atomic mass is 9.88. The minimum atomic E-state index is -0.945. The van der Waals surface area contributed by atoms with Crippen molar-refractivity contribution in [3.05, 3.63) is 76.9 Å². The van der Waals surface area contributed by atoms with Gasteiger partial charge < -0.3 is 19.9 Å². The molecule has 168 valence electrons. The van der Waals surface area contributed by atoms with Gasteiger partial charge in [0.15, 0.2) is 11.5 Å². The molecule has 2 aliphatic heterocycles. The number of aliphatic imine (C=N–C) groups is 2. The minimum Gasteiger partial charge on any atom is -0.496 e. The first-order chi connectivity index (χ1) is 15.9. The fourth-order valence-electron chi connectivity index (χ4n) is 4.62. The summed E-state index contributed by atoms with van der Waals surface area (Å²) in [6.07, 6.45) is 0. The zero-order chi connectivity index (χ0) is 23.2. The van der Waals surface area contributed by atoms with Gasteiger partial charge in [0, 0.05) is 11.1 Å². The molecule has 33 heavy (non-hydrogen) atoms. The lowest BCUT2D eigenvalue weighted by Crippen LogP contribution is -2.23. The Bertz CT molecular complexity index is 1270. The molecule has 6 nitrogen and oxygen atoms in total. The van der Waals surface area contributed by atoms with Crippen molar-refractivity contribution in [1.82, 2.24) is 0 Å². The van der Waals surface area contributed by atoms with Crippen molar-refractivity contribution in [2.45, 2.75) is 26.4 Å². The average molecular weight is 442 g/mol. The first-order valence-corrected chi connectivity index (χ1v) is 11.0. The van der Waals surface area contributed by atoms with Gasteiger partial charge in [-0.25, -0.2) is 9.98 Å². The molecule has 0 saturated carbocycles. The van der Waals surface area contributed by atoms with Crippen LogP contribution in [0.5, 0.6) is 17.2 Å². The Morgan fingerprint density at radius 2 is 1.52 bits per heavy atom. The lowest BCUT2D eigenvalue weighted by molar-refractivity contribution is 0.171. The van der Waals surface area contributed by atoms with Gasteiger partial charge in [0.2, 0.25) is 5.66 Å². The van der Waals surface area contributed by atoms with Gasteiger partial charge in [-0.05, 0) is 73.4 Å². The Hall–Kier alpha value is -3.80. The number of nitrogens with zero attached hydrogens (tertiary/aromatic N) is 2. The van der Waals surface area contributed by atoms with Crippen LogP contribution >= 0.6 is 0 Å². The number of methoxy groups -OCH3 is 1. The van der Waals surface area contributed by atoms with Crippen LogP contribution in [0.25, 0.3) is 11.1 Å². The van der Waals surface area contributed by atoms with Crippen LogP contribution < -0.4 is 19.9 Å². The fourth-order valence-corrected chi connectivity index (χ4v) is 4.62. The van der Waals surface area contributed by atoms with Gasteiger partial charge in [0.25, 0.3) is 0 Å². The van der Waals surface area contributed by atoms with Gasteiger partial charge in [0.1, 0.15) is 24.8 Å². The summed E-state index contributed by atoms with van der Waals surface area (Å²) < 4.78 is 17.0. The SMILES string of the molecule is COc1c(C)cc(C2(c3cccc(-c4ccc5c(c4)OCCO5)c3)N=C(C)C(N)=N2)cc1C. The van der Waals surface area contributed by atoms with Crippen molar-refractivity contribution < 1.29 is 14.2 Å². The molecular formula is C27H27N3O3. The third kappa shape index (κ3) is 3.52. The zero-order valence-corrected chi connectivity index (χ0v) is 19.3. The van der Waals surface area contributed by atoms with Crippen LogP contribution in [0.4, 0.5) is 0 Å². The molecule has 0 amide bonds. The van der Waals surface area contributed by atoms with Crippen LogP contribution in [0.3, 0.4) is 0 Å². The zero-order valence-electron chi connectivity index (χ0n) is 19.3. The maximum absolute atomic E-state index is 6.25. The Morgan fingerprint density at radius 1 is 0.818 bits per heavy atom. The highest BCUT2D eigenvalue weighted by atomic mass is 16.6. The molecule has 0 aliphatic carbocycles. The van der Waals surface area contributed by atoms with E-state index in [4.69, 9.17) is 29.9 Å². The number of hydrogen-bond donors (Lipinski definition) is 1. The molecule has 1 unspecified atom stereocenters. The van der Waals surface area contributed by atoms with Crippen LogP contribution in [0, 0.1) is 13.8 Å². The second kappa shape index (κ2) is 7.96. The van der Waals surface area contributed by atoms with E-state index < -0.39 is 5.66 Å².